The van der Waals surface area contributed by atoms with Gasteiger partial charge in [-0.05, 0) is 25.5 Å². The first kappa shape index (κ1) is 10.4. The molecule has 0 spiro atoms. The summed E-state index contributed by atoms with van der Waals surface area (Å²) in [6.07, 6.45) is 0. The van der Waals surface area contributed by atoms with E-state index in [-0.39, 0.29) is 0 Å². The van der Waals surface area contributed by atoms with Crippen molar-refractivity contribution in [3.05, 3.63) is 21.4 Å². The SMILES string of the molecule is Cc1cc(CNc2nc(N)ns2)sc1C. The van der Waals surface area contributed by atoms with E-state index < -0.39 is 0 Å². The fourth-order valence-electron chi connectivity index (χ4n) is 1.21. The lowest BCUT2D eigenvalue weighted by Gasteiger charge is -1.97. The Balaban J connectivity index is 1.99. The minimum absolute atomic E-state index is 0.334. The third-order valence-electron chi connectivity index (χ3n) is 2.07. The third-order valence-corrected chi connectivity index (χ3v) is 3.91. The smallest absolute Gasteiger partial charge is 0.233 e. The minimum atomic E-state index is 0.334. The van der Waals surface area contributed by atoms with Crippen LogP contribution in [-0.4, -0.2) is 9.36 Å². The first-order valence-electron chi connectivity index (χ1n) is 4.54. The maximum Gasteiger partial charge on any atom is 0.233 e. The number of nitrogens with one attached hydrogen (secondary N) is 1. The van der Waals surface area contributed by atoms with Crippen molar-refractivity contribution in [3.8, 4) is 0 Å². The molecule has 0 saturated heterocycles. The summed E-state index contributed by atoms with van der Waals surface area (Å²) in [5.74, 6) is 0.334. The van der Waals surface area contributed by atoms with Crippen molar-refractivity contribution in [1.82, 2.24) is 9.36 Å². The molecule has 0 amide bonds. The lowest BCUT2D eigenvalue weighted by atomic mass is 10.3. The Hall–Kier alpha value is -1.14. The number of rotatable bonds is 3. The Bertz CT molecular complexity index is 441. The molecule has 3 N–H and O–H groups in total. The third kappa shape index (κ3) is 2.45. The molecule has 15 heavy (non-hydrogen) atoms. The second-order valence-electron chi connectivity index (χ2n) is 3.26. The van der Waals surface area contributed by atoms with Gasteiger partial charge in [0, 0.05) is 21.3 Å². The van der Waals surface area contributed by atoms with E-state index in [4.69, 9.17) is 5.73 Å². The number of hydrogen-bond acceptors (Lipinski definition) is 6. The average Bonchev–Trinajstić information content (AvgIpc) is 2.72. The minimum Gasteiger partial charge on any atom is -0.367 e. The summed E-state index contributed by atoms with van der Waals surface area (Å²) in [6, 6.07) is 2.19. The molecule has 0 bridgehead atoms. The number of aromatic nitrogens is 2. The molecule has 2 heterocycles. The van der Waals surface area contributed by atoms with E-state index in [0.29, 0.717) is 5.95 Å². The molecule has 0 radical (unpaired) electrons. The molecule has 0 aliphatic rings. The normalized spacial score (nSPS) is 10.5. The number of nitrogen functional groups attached to an aromatic ring is 1. The number of anilines is 2. The van der Waals surface area contributed by atoms with Crippen molar-refractivity contribution in [3.63, 3.8) is 0 Å². The summed E-state index contributed by atoms with van der Waals surface area (Å²) in [4.78, 5) is 6.70. The van der Waals surface area contributed by atoms with Crippen molar-refractivity contribution in [2.45, 2.75) is 20.4 Å². The number of nitrogens with zero attached hydrogens (tertiary/aromatic N) is 2. The maximum absolute atomic E-state index is 5.43. The van der Waals surface area contributed by atoms with E-state index in [1.54, 1.807) is 11.3 Å². The zero-order valence-electron chi connectivity index (χ0n) is 8.57. The summed E-state index contributed by atoms with van der Waals surface area (Å²) in [7, 11) is 0. The molecule has 2 aromatic rings. The van der Waals surface area contributed by atoms with E-state index in [1.165, 1.54) is 26.9 Å². The molecule has 0 fully saturated rings. The molecule has 0 atom stereocenters. The highest BCUT2D eigenvalue weighted by Crippen LogP contribution is 2.22. The molecule has 0 aliphatic carbocycles. The standard InChI is InChI=1S/C9H12N4S2/c1-5-3-7(14-6(5)2)4-11-9-12-8(10)13-15-9/h3H,4H2,1-2H3,(H3,10,11,12,13). The molecular weight excluding hydrogens is 228 g/mol. The number of aryl methyl sites for hydroxylation is 2. The number of hydrogen-bond donors (Lipinski definition) is 2. The van der Waals surface area contributed by atoms with Crippen LogP contribution < -0.4 is 11.1 Å². The highest BCUT2D eigenvalue weighted by atomic mass is 32.1. The van der Waals surface area contributed by atoms with Gasteiger partial charge in [-0.2, -0.15) is 9.36 Å². The van der Waals surface area contributed by atoms with Crippen LogP contribution in [0.2, 0.25) is 0 Å². The maximum atomic E-state index is 5.43. The van der Waals surface area contributed by atoms with Crippen molar-refractivity contribution in [2.24, 2.45) is 0 Å². The van der Waals surface area contributed by atoms with Crippen LogP contribution in [-0.2, 0) is 6.54 Å². The number of thiophene rings is 1. The molecular formula is C9H12N4S2. The van der Waals surface area contributed by atoms with Gasteiger partial charge in [-0.3, -0.25) is 0 Å². The lowest BCUT2D eigenvalue weighted by Crippen LogP contribution is -1.97. The molecule has 0 aromatic carbocycles. The fraction of sp³-hybridized carbons (Fsp3) is 0.333. The van der Waals surface area contributed by atoms with Crippen LogP contribution in [0.5, 0.6) is 0 Å². The van der Waals surface area contributed by atoms with Gasteiger partial charge in [0.25, 0.3) is 0 Å². The van der Waals surface area contributed by atoms with E-state index in [0.717, 1.165) is 11.7 Å². The Morgan fingerprint density at radius 3 is 2.80 bits per heavy atom. The molecule has 2 rings (SSSR count). The Morgan fingerprint density at radius 1 is 1.47 bits per heavy atom. The van der Waals surface area contributed by atoms with Crippen LogP contribution in [0.15, 0.2) is 6.07 Å². The average molecular weight is 240 g/mol. The van der Waals surface area contributed by atoms with Crippen LogP contribution in [0.1, 0.15) is 15.3 Å². The van der Waals surface area contributed by atoms with Gasteiger partial charge in [-0.1, -0.05) is 0 Å². The van der Waals surface area contributed by atoms with Gasteiger partial charge < -0.3 is 11.1 Å². The predicted molar refractivity (Wildman–Crippen MR) is 65.4 cm³/mol. The molecule has 4 nitrogen and oxygen atoms in total. The van der Waals surface area contributed by atoms with Crippen LogP contribution in [0.25, 0.3) is 0 Å². The zero-order valence-corrected chi connectivity index (χ0v) is 10.2. The van der Waals surface area contributed by atoms with Crippen LogP contribution in [0.3, 0.4) is 0 Å². The second kappa shape index (κ2) is 4.16. The first-order chi connectivity index (χ1) is 7.15. The van der Waals surface area contributed by atoms with Gasteiger partial charge in [-0.15, -0.1) is 11.3 Å². The summed E-state index contributed by atoms with van der Waals surface area (Å²) >= 11 is 3.09. The summed E-state index contributed by atoms with van der Waals surface area (Å²) in [6.45, 7) is 5.04. The lowest BCUT2D eigenvalue weighted by molar-refractivity contribution is 1.17. The molecule has 0 saturated carbocycles. The quantitative estimate of drug-likeness (QED) is 0.864. The monoisotopic (exact) mass is 240 g/mol. The summed E-state index contributed by atoms with van der Waals surface area (Å²) in [5.41, 5.74) is 6.77. The zero-order chi connectivity index (χ0) is 10.8. The predicted octanol–water partition coefficient (Wildman–Crippen LogP) is 2.41. The number of nitrogens with two attached hydrogens (primary N) is 1. The molecule has 80 valence electrons. The summed E-state index contributed by atoms with van der Waals surface area (Å²) < 4.78 is 3.90. The molecule has 0 unspecified atom stereocenters. The Morgan fingerprint density at radius 2 is 2.27 bits per heavy atom. The summed E-state index contributed by atoms with van der Waals surface area (Å²) in [5, 5.41) is 3.97. The van der Waals surface area contributed by atoms with E-state index >= 15 is 0 Å². The van der Waals surface area contributed by atoms with Gasteiger partial charge >= 0.3 is 0 Å². The first-order valence-corrected chi connectivity index (χ1v) is 6.13. The van der Waals surface area contributed by atoms with Crippen LogP contribution >= 0.6 is 22.9 Å². The van der Waals surface area contributed by atoms with Crippen LogP contribution in [0.4, 0.5) is 11.1 Å². The van der Waals surface area contributed by atoms with Gasteiger partial charge in [-0.25, -0.2) is 0 Å². The molecule has 0 aliphatic heterocycles. The topological polar surface area (TPSA) is 63.8 Å². The Labute approximate surface area is 96.3 Å². The van der Waals surface area contributed by atoms with E-state index in [1.807, 2.05) is 0 Å². The van der Waals surface area contributed by atoms with Crippen molar-refractivity contribution >= 4 is 33.9 Å². The van der Waals surface area contributed by atoms with E-state index in [9.17, 15) is 0 Å². The second-order valence-corrected chi connectivity index (χ2v) is 5.36. The van der Waals surface area contributed by atoms with Crippen molar-refractivity contribution in [1.29, 1.82) is 0 Å². The van der Waals surface area contributed by atoms with Crippen molar-refractivity contribution < 1.29 is 0 Å². The van der Waals surface area contributed by atoms with Gasteiger partial charge in [0.2, 0.25) is 11.1 Å². The van der Waals surface area contributed by atoms with Gasteiger partial charge in [0.15, 0.2) is 0 Å². The van der Waals surface area contributed by atoms with Crippen LogP contribution in [0, 0.1) is 13.8 Å². The van der Waals surface area contributed by atoms with Gasteiger partial charge in [0.1, 0.15) is 0 Å². The highest BCUT2D eigenvalue weighted by molar-refractivity contribution is 7.12. The van der Waals surface area contributed by atoms with E-state index in [2.05, 4.69) is 34.6 Å². The molecule has 6 heteroatoms. The van der Waals surface area contributed by atoms with Gasteiger partial charge in [0.05, 0.1) is 6.54 Å². The Kier molecular flexibility index (Phi) is 2.88. The molecule has 2 aromatic heterocycles. The largest absolute Gasteiger partial charge is 0.367 e. The van der Waals surface area contributed by atoms with Crippen molar-refractivity contribution in [2.75, 3.05) is 11.1 Å². The highest BCUT2D eigenvalue weighted by Gasteiger charge is 2.03. The fourth-order valence-corrected chi connectivity index (χ4v) is 2.69.